The summed E-state index contributed by atoms with van der Waals surface area (Å²) in [5, 5.41) is 2.88. The van der Waals surface area contributed by atoms with Crippen LogP contribution in [-0.4, -0.2) is 53.4 Å². The smallest absolute Gasteiger partial charge is 0.295 e. The van der Waals surface area contributed by atoms with Gasteiger partial charge in [0.15, 0.2) is 0 Å². The minimum absolute atomic E-state index is 0.110. The van der Waals surface area contributed by atoms with Crippen LogP contribution in [0, 0.1) is 24.7 Å². The van der Waals surface area contributed by atoms with Gasteiger partial charge >= 0.3 is 0 Å². The van der Waals surface area contributed by atoms with Crippen LogP contribution in [0.5, 0.6) is 46.0 Å². The molecule has 8 aromatic rings. The van der Waals surface area contributed by atoms with Crippen LogP contribution in [-0.2, 0) is 33.1 Å². The average Bonchev–Trinajstić information content (AvgIpc) is 3.45. The molecule has 10 rings (SSSR count). The Balaban J connectivity index is 1.03. The monoisotopic (exact) mass is 1060 g/mol. The first-order valence-electron chi connectivity index (χ1n) is 24.1. The Bertz CT molecular complexity index is 3990. The lowest BCUT2D eigenvalue weighted by atomic mass is 9.91. The lowest BCUT2D eigenvalue weighted by Crippen LogP contribution is -2.21. The highest BCUT2D eigenvalue weighted by Gasteiger charge is 2.28. The largest absolute Gasteiger partial charge is 0.496 e. The zero-order valence-electron chi connectivity index (χ0n) is 41.6. The number of ether oxygens (including phenoxy) is 6. The molecule has 0 saturated heterocycles. The van der Waals surface area contributed by atoms with Crippen molar-refractivity contribution >= 4 is 43.5 Å². The molecule has 2 aliphatic heterocycles. The molecule has 0 spiro atoms. The topological polar surface area (TPSA) is 164 Å². The fraction of sp³-hybridized carbons (Fsp3) is 0.111. The van der Waals surface area contributed by atoms with E-state index in [2.05, 4.69) is 11.8 Å². The van der Waals surface area contributed by atoms with Gasteiger partial charge in [-0.3, -0.25) is 9.11 Å². The molecule has 14 heteroatoms. The molecule has 0 bridgehead atoms. The standard InChI is InChI=1S/C63H48O12S2/c1-5-30-72-46-22-28-54(70-3)44(38-46)32-42-20-26-50-58(36-42)74-56-34-40(18-24-48(56)62(50)52-14-7-9-16-60(52)76(64,65)66)12-11-13-41-19-25-49-57(35-41)75-59-37-43(33-45-39-47(73-31-6-2)23-29-55(45)71-4)21-27-51(59)63(49)53-15-8-10-17-61(53)77(67,68)69/h1-2,7-10,12-29,34-39H,11,30-33H2,3-4H3,(H,64,65,66)(H,67,68,69)/b40-12+,41-13+. The van der Waals surface area contributed by atoms with Gasteiger partial charge in [0, 0.05) is 67.8 Å². The van der Waals surface area contributed by atoms with Gasteiger partial charge in [-0.1, -0.05) is 96.8 Å². The molecule has 384 valence electrons. The molecule has 2 N–H and O–H groups in total. The zero-order chi connectivity index (χ0) is 53.8. The van der Waals surface area contributed by atoms with Crippen LogP contribution in [0.15, 0.2) is 168 Å². The van der Waals surface area contributed by atoms with Crippen LogP contribution in [0.25, 0.3) is 23.3 Å². The van der Waals surface area contributed by atoms with Crippen molar-refractivity contribution in [2.75, 3.05) is 27.4 Å². The molecule has 0 unspecified atom stereocenters. The van der Waals surface area contributed by atoms with E-state index in [-0.39, 0.29) is 23.0 Å². The maximum absolute atomic E-state index is 12.8. The second kappa shape index (κ2) is 21.7. The molecule has 0 radical (unpaired) electrons. The molecule has 2 aliphatic rings. The molecular weight excluding hydrogens is 1010 g/mol. The van der Waals surface area contributed by atoms with Gasteiger partial charge in [-0.05, 0) is 113 Å². The highest BCUT2D eigenvalue weighted by Crippen LogP contribution is 2.41. The molecule has 0 aliphatic carbocycles. The number of fused-ring (bicyclic) bond motifs is 4. The molecular formula is C63H48O12S2. The summed E-state index contributed by atoms with van der Waals surface area (Å²) in [7, 11) is -6.08. The van der Waals surface area contributed by atoms with Crippen LogP contribution in [0.2, 0.25) is 0 Å². The van der Waals surface area contributed by atoms with Gasteiger partial charge in [0.1, 0.15) is 69.0 Å². The number of benzene rings is 8. The van der Waals surface area contributed by atoms with Crippen molar-refractivity contribution in [2.45, 2.75) is 29.1 Å². The average molecular weight is 1060 g/mol. The van der Waals surface area contributed by atoms with Crippen molar-refractivity contribution in [3.05, 3.63) is 223 Å². The van der Waals surface area contributed by atoms with E-state index in [0.717, 1.165) is 32.7 Å². The minimum atomic E-state index is -4.63. The first-order chi connectivity index (χ1) is 37.2. The summed E-state index contributed by atoms with van der Waals surface area (Å²) in [4.78, 5) is -0.479. The van der Waals surface area contributed by atoms with E-state index in [9.17, 15) is 25.9 Å². The number of methoxy groups -OCH3 is 2. The van der Waals surface area contributed by atoms with Crippen LogP contribution in [0.1, 0.15) is 50.9 Å². The van der Waals surface area contributed by atoms with E-state index >= 15 is 0 Å². The lowest BCUT2D eigenvalue weighted by molar-refractivity contribution is 0.367. The lowest BCUT2D eigenvalue weighted by Gasteiger charge is -2.23. The third kappa shape index (κ3) is 10.9. The molecule has 2 heterocycles. The second-order valence-electron chi connectivity index (χ2n) is 18.0. The van der Waals surface area contributed by atoms with Gasteiger partial charge < -0.3 is 28.4 Å². The Morgan fingerprint density at radius 2 is 0.922 bits per heavy atom. The van der Waals surface area contributed by atoms with Crippen molar-refractivity contribution in [3.8, 4) is 70.7 Å². The summed E-state index contributed by atoms with van der Waals surface area (Å²) >= 11 is 0. The van der Waals surface area contributed by atoms with Crippen molar-refractivity contribution < 1.29 is 54.4 Å². The summed E-state index contributed by atoms with van der Waals surface area (Å²) in [6.07, 6.45) is 16.3. The van der Waals surface area contributed by atoms with Gasteiger partial charge in [0.2, 0.25) is 0 Å². The normalized spacial score (nSPS) is 12.9. The molecule has 8 aromatic carbocycles. The van der Waals surface area contributed by atoms with Gasteiger partial charge in [-0.2, -0.15) is 16.8 Å². The van der Waals surface area contributed by atoms with Crippen molar-refractivity contribution in [1.29, 1.82) is 0 Å². The first kappa shape index (κ1) is 51.5. The van der Waals surface area contributed by atoms with Crippen LogP contribution in [0.3, 0.4) is 0 Å². The Kier molecular flexibility index (Phi) is 14.5. The molecule has 0 atom stereocenters. The fourth-order valence-corrected chi connectivity index (χ4v) is 11.1. The molecule has 0 saturated carbocycles. The van der Waals surface area contributed by atoms with Gasteiger partial charge in [0.25, 0.3) is 20.2 Å². The van der Waals surface area contributed by atoms with E-state index in [4.69, 9.17) is 41.3 Å². The van der Waals surface area contributed by atoms with Crippen molar-refractivity contribution in [2.24, 2.45) is 0 Å². The summed E-state index contributed by atoms with van der Waals surface area (Å²) in [5.74, 6) is 9.38. The summed E-state index contributed by atoms with van der Waals surface area (Å²) in [6, 6.07) is 46.4. The van der Waals surface area contributed by atoms with E-state index in [1.54, 1.807) is 62.8 Å². The van der Waals surface area contributed by atoms with Crippen LogP contribution >= 0.6 is 0 Å². The van der Waals surface area contributed by atoms with E-state index in [1.807, 2.05) is 109 Å². The molecule has 0 fully saturated rings. The summed E-state index contributed by atoms with van der Waals surface area (Å²) < 4.78 is 108. The Labute approximate surface area is 445 Å². The number of rotatable bonds is 16. The SMILES string of the molecule is C#CCOc1ccc(OC)c(Cc2ccc3c(c2)Oc2c/c(=C/C/C=c4\ccc5c(c4)Oc4cc(Cc6cc(OCC#C)ccc6OC)ccc4C=5c4ccccc4S(=O)(=O)O)ccc2=C3c2ccccc2S(=O)(=O)O)c1. The van der Waals surface area contributed by atoms with Gasteiger partial charge in [0.05, 0.1) is 14.2 Å². The third-order valence-electron chi connectivity index (χ3n) is 13.1. The maximum Gasteiger partial charge on any atom is 0.295 e. The quantitative estimate of drug-likeness (QED) is 0.0700. The predicted molar refractivity (Wildman–Crippen MR) is 294 cm³/mol. The number of terminal acetylenes is 2. The number of hydrogen-bond acceptors (Lipinski definition) is 10. The minimum Gasteiger partial charge on any atom is -0.496 e. The Hall–Kier alpha value is -9.02. The van der Waals surface area contributed by atoms with E-state index in [0.29, 0.717) is 109 Å². The summed E-state index contributed by atoms with van der Waals surface area (Å²) in [5.41, 5.74) is 6.47. The van der Waals surface area contributed by atoms with Gasteiger partial charge in [-0.25, -0.2) is 0 Å². The zero-order valence-corrected chi connectivity index (χ0v) is 43.3. The summed E-state index contributed by atoms with van der Waals surface area (Å²) in [6.45, 7) is 0.220. The number of hydrogen-bond donors (Lipinski definition) is 2. The van der Waals surface area contributed by atoms with Crippen molar-refractivity contribution in [1.82, 2.24) is 0 Å². The molecule has 0 aromatic heterocycles. The fourth-order valence-electron chi connectivity index (χ4n) is 9.74. The predicted octanol–water partition coefficient (Wildman–Crippen LogP) is 8.76. The highest BCUT2D eigenvalue weighted by atomic mass is 32.2. The van der Waals surface area contributed by atoms with Crippen LogP contribution < -0.4 is 49.3 Å². The Morgan fingerprint density at radius 1 is 0.494 bits per heavy atom. The molecule has 0 amide bonds. The Morgan fingerprint density at radius 3 is 1.32 bits per heavy atom. The van der Waals surface area contributed by atoms with E-state index < -0.39 is 20.2 Å². The third-order valence-corrected chi connectivity index (χ3v) is 15.0. The molecule has 12 nitrogen and oxygen atoms in total. The van der Waals surface area contributed by atoms with Crippen molar-refractivity contribution in [3.63, 3.8) is 0 Å². The first-order valence-corrected chi connectivity index (χ1v) is 27.0. The van der Waals surface area contributed by atoms with E-state index in [1.165, 1.54) is 12.1 Å². The molecule has 77 heavy (non-hydrogen) atoms. The van der Waals surface area contributed by atoms with Crippen LogP contribution in [0.4, 0.5) is 0 Å². The second-order valence-corrected chi connectivity index (χ2v) is 20.8. The maximum atomic E-state index is 12.8. The highest BCUT2D eigenvalue weighted by molar-refractivity contribution is 7.86. The van der Waals surface area contributed by atoms with Gasteiger partial charge in [-0.15, -0.1) is 12.8 Å².